The van der Waals surface area contributed by atoms with E-state index in [-0.39, 0.29) is 17.2 Å². The van der Waals surface area contributed by atoms with E-state index >= 15 is 0 Å². The Balaban J connectivity index is 1.69. The monoisotopic (exact) mass is 396 g/mol. The average molecular weight is 397 g/mol. The molecule has 6 nitrogen and oxygen atoms in total. The summed E-state index contributed by atoms with van der Waals surface area (Å²) >= 11 is 0. The smallest absolute Gasteiger partial charge is 0.247 e. The number of likely N-dealkylation sites (tertiary alicyclic amines) is 1. The predicted molar refractivity (Wildman–Crippen MR) is 115 cm³/mol. The molecule has 2 heterocycles. The summed E-state index contributed by atoms with van der Waals surface area (Å²) in [5.41, 5.74) is 3.63. The fourth-order valence-electron chi connectivity index (χ4n) is 3.86. The number of benzene rings is 1. The van der Waals surface area contributed by atoms with E-state index in [4.69, 9.17) is 0 Å². The normalized spacial score (nSPS) is 17.3. The third kappa shape index (κ3) is 5.25. The first kappa shape index (κ1) is 21.1. The summed E-state index contributed by atoms with van der Waals surface area (Å²) in [6.07, 6.45) is 3.09. The van der Waals surface area contributed by atoms with E-state index in [1.54, 1.807) is 4.90 Å². The number of carbonyl (C=O) groups is 2. The molecule has 1 aliphatic heterocycles. The minimum absolute atomic E-state index is 0.0669. The van der Waals surface area contributed by atoms with Crippen LogP contribution < -0.4 is 5.32 Å². The number of nitrogens with zero attached hydrogens (tertiary/aromatic N) is 3. The molecule has 0 spiro atoms. The second-order valence-corrected chi connectivity index (χ2v) is 9.21. The largest absolute Gasteiger partial charge is 0.331 e. The Hall–Kier alpha value is -2.63. The Morgan fingerprint density at radius 3 is 2.41 bits per heavy atom. The van der Waals surface area contributed by atoms with Crippen molar-refractivity contribution < 1.29 is 9.59 Å². The summed E-state index contributed by atoms with van der Waals surface area (Å²) in [5.74, 6) is -0.0388. The summed E-state index contributed by atoms with van der Waals surface area (Å²) in [5, 5.41) is 7.48. The number of amides is 2. The fraction of sp³-hybridized carbons (Fsp3) is 0.522. The molecule has 1 saturated heterocycles. The third-order valence-corrected chi connectivity index (χ3v) is 5.20. The van der Waals surface area contributed by atoms with Crippen molar-refractivity contribution in [1.82, 2.24) is 14.7 Å². The van der Waals surface area contributed by atoms with Gasteiger partial charge in [0.05, 0.1) is 11.4 Å². The molecular weight excluding hydrogens is 364 g/mol. The van der Waals surface area contributed by atoms with Crippen LogP contribution in [0.15, 0.2) is 30.3 Å². The van der Waals surface area contributed by atoms with Crippen LogP contribution in [0, 0.1) is 19.3 Å². The minimum atomic E-state index is -0.394. The number of rotatable bonds is 4. The number of hydrogen-bond donors (Lipinski definition) is 1. The van der Waals surface area contributed by atoms with Crippen LogP contribution in [0.2, 0.25) is 0 Å². The van der Waals surface area contributed by atoms with Crippen molar-refractivity contribution in [2.75, 3.05) is 11.9 Å². The maximum Gasteiger partial charge on any atom is 0.247 e. The molecule has 1 aromatic heterocycles. The van der Waals surface area contributed by atoms with Crippen LogP contribution in [0.3, 0.4) is 0 Å². The zero-order valence-corrected chi connectivity index (χ0v) is 18.2. The van der Waals surface area contributed by atoms with Crippen molar-refractivity contribution in [2.24, 2.45) is 5.41 Å². The van der Waals surface area contributed by atoms with Crippen LogP contribution in [-0.2, 0) is 9.59 Å². The fourth-order valence-corrected chi connectivity index (χ4v) is 3.86. The highest BCUT2D eigenvalue weighted by Gasteiger charge is 2.33. The predicted octanol–water partition coefficient (Wildman–Crippen LogP) is 4.24. The lowest BCUT2D eigenvalue weighted by atomic mass is 9.90. The molecule has 1 fully saturated rings. The van der Waals surface area contributed by atoms with Crippen molar-refractivity contribution in [3.63, 3.8) is 0 Å². The summed E-state index contributed by atoms with van der Waals surface area (Å²) in [7, 11) is 0. The maximum absolute atomic E-state index is 12.9. The van der Waals surface area contributed by atoms with Gasteiger partial charge in [0.15, 0.2) is 0 Å². The first-order valence-electron chi connectivity index (χ1n) is 10.4. The Morgan fingerprint density at radius 1 is 1.14 bits per heavy atom. The van der Waals surface area contributed by atoms with Crippen LogP contribution in [-0.4, -0.2) is 39.1 Å². The average Bonchev–Trinajstić information content (AvgIpc) is 2.99. The highest BCUT2D eigenvalue weighted by atomic mass is 16.2. The van der Waals surface area contributed by atoms with Crippen molar-refractivity contribution in [3.05, 3.63) is 41.7 Å². The molecule has 0 unspecified atom stereocenters. The van der Waals surface area contributed by atoms with Gasteiger partial charge in [-0.15, -0.1) is 0 Å². The molecule has 29 heavy (non-hydrogen) atoms. The molecule has 0 radical (unpaired) electrons. The van der Waals surface area contributed by atoms with Gasteiger partial charge in [-0.05, 0) is 68.9 Å². The standard InChI is InChI=1S/C23H32N4O2/c1-16-14-17(2)27(25-16)19-11-9-18(10-12-19)24-22(29)20-8-6-7-13-26(20)21(28)15-23(3,4)5/h9-12,14,20H,6-8,13,15H2,1-5H3,(H,24,29)/t20-/m0/s1. The highest BCUT2D eigenvalue weighted by molar-refractivity contribution is 5.97. The number of aryl methyl sites for hydroxylation is 2. The second-order valence-electron chi connectivity index (χ2n) is 9.21. The molecule has 156 valence electrons. The van der Waals surface area contributed by atoms with E-state index in [9.17, 15) is 9.59 Å². The van der Waals surface area contributed by atoms with Crippen molar-refractivity contribution in [1.29, 1.82) is 0 Å². The second kappa shape index (κ2) is 8.39. The Bertz CT molecular complexity index is 877. The van der Waals surface area contributed by atoms with E-state index in [0.717, 1.165) is 35.6 Å². The molecule has 0 aliphatic carbocycles. The Kier molecular flexibility index (Phi) is 6.10. The summed E-state index contributed by atoms with van der Waals surface area (Å²) in [4.78, 5) is 27.5. The zero-order chi connectivity index (χ0) is 21.2. The van der Waals surface area contributed by atoms with E-state index in [2.05, 4.69) is 10.4 Å². The molecule has 2 aromatic rings. The SMILES string of the molecule is Cc1cc(C)n(-c2ccc(NC(=O)[C@@H]3CCCCN3C(=O)CC(C)(C)C)cc2)n1. The van der Waals surface area contributed by atoms with Gasteiger partial charge in [-0.2, -0.15) is 5.10 Å². The van der Waals surface area contributed by atoms with Gasteiger partial charge in [0.2, 0.25) is 11.8 Å². The molecule has 0 saturated carbocycles. The minimum Gasteiger partial charge on any atom is -0.331 e. The van der Waals surface area contributed by atoms with Gasteiger partial charge in [0, 0.05) is 24.3 Å². The maximum atomic E-state index is 12.9. The Morgan fingerprint density at radius 2 is 1.83 bits per heavy atom. The highest BCUT2D eigenvalue weighted by Crippen LogP contribution is 2.25. The summed E-state index contributed by atoms with van der Waals surface area (Å²) in [6, 6.07) is 9.29. The van der Waals surface area contributed by atoms with Gasteiger partial charge >= 0.3 is 0 Å². The molecule has 6 heteroatoms. The molecule has 1 aromatic carbocycles. The van der Waals surface area contributed by atoms with Crippen LogP contribution in [0.1, 0.15) is 57.8 Å². The Labute approximate surface area is 173 Å². The lowest BCUT2D eigenvalue weighted by molar-refractivity contribution is -0.141. The van der Waals surface area contributed by atoms with Gasteiger partial charge in [0.25, 0.3) is 0 Å². The number of piperidine rings is 1. The first-order chi connectivity index (χ1) is 13.6. The number of hydrogen-bond acceptors (Lipinski definition) is 3. The summed E-state index contributed by atoms with van der Waals surface area (Å²) in [6.45, 7) is 10.8. The third-order valence-electron chi connectivity index (χ3n) is 5.20. The van der Waals surface area contributed by atoms with Crippen molar-refractivity contribution >= 4 is 17.5 Å². The molecule has 1 N–H and O–H groups in total. The molecule has 1 atom stereocenters. The number of anilines is 1. The van der Waals surface area contributed by atoms with E-state index < -0.39 is 6.04 Å². The zero-order valence-electron chi connectivity index (χ0n) is 18.2. The van der Waals surface area contributed by atoms with Crippen LogP contribution in [0.25, 0.3) is 5.69 Å². The topological polar surface area (TPSA) is 67.2 Å². The van der Waals surface area contributed by atoms with Crippen LogP contribution in [0.5, 0.6) is 0 Å². The quantitative estimate of drug-likeness (QED) is 0.840. The summed E-state index contributed by atoms with van der Waals surface area (Å²) < 4.78 is 1.88. The van der Waals surface area contributed by atoms with Gasteiger partial charge in [-0.25, -0.2) is 4.68 Å². The first-order valence-corrected chi connectivity index (χ1v) is 10.4. The lowest BCUT2D eigenvalue weighted by Crippen LogP contribution is -2.50. The van der Waals surface area contributed by atoms with Crippen molar-refractivity contribution in [2.45, 2.75) is 66.3 Å². The lowest BCUT2D eigenvalue weighted by Gasteiger charge is -2.36. The molecule has 1 aliphatic rings. The molecule has 0 bridgehead atoms. The number of aromatic nitrogens is 2. The molecular formula is C23H32N4O2. The molecule has 2 amide bonds. The van der Waals surface area contributed by atoms with E-state index in [1.807, 2.05) is 69.6 Å². The van der Waals surface area contributed by atoms with Gasteiger partial charge in [-0.1, -0.05) is 20.8 Å². The number of carbonyl (C=O) groups excluding carboxylic acids is 2. The number of nitrogens with one attached hydrogen (secondary N) is 1. The molecule has 3 rings (SSSR count). The van der Waals surface area contributed by atoms with E-state index in [1.165, 1.54) is 0 Å². The van der Waals surface area contributed by atoms with Gasteiger partial charge < -0.3 is 10.2 Å². The van der Waals surface area contributed by atoms with Gasteiger partial charge in [0.1, 0.15) is 6.04 Å². The van der Waals surface area contributed by atoms with Crippen LogP contribution >= 0.6 is 0 Å². The van der Waals surface area contributed by atoms with Crippen LogP contribution in [0.4, 0.5) is 5.69 Å². The van der Waals surface area contributed by atoms with Gasteiger partial charge in [-0.3, -0.25) is 9.59 Å². The van der Waals surface area contributed by atoms with Crippen molar-refractivity contribution in [3.8, 4) is 5.69 Å². The van der Waals surface area contributed by atoms with E-state index in [0.29, 0.717) is 19.4 Å².